The molecule has 0 saturated heterocycles. The van der Waals surface area contributed by atoms with Gasteiger partial charge in [-0.2, -0.15) is 0 Å². The Morgan fingerprint density at radius 2 is 1.77 bits per heavy atom. The van der Waals surface area contributed by atoms with Gasteiger partial charge in [0.25, 0.3) is 0 Å². The van der Waals surface area contributed by atoms with Crippen LogP contribution in [0.4, 0.5) is 4.39 Å². The Morgan fingerprint density at radius 1 is 1.09 bits per heavy atom. The predicted octanol–water partition coefficient (Wildman–Crippen LogP) is 2.37. The van der Waals surface area contributed by atoms with E-state index in [1.807, 2.05) is 30.3 Å². The highest BCUT2D eigenvalue weighted by molar-refractivity contribution is 7.88. The van der Waals surface area contributed by atoms with Crippen molar-refractivity contribution >= 4 is 22.4 Å². The minimum absolute atomic E-state index is 0. The van der Waals surface area contributed by atoms with Gasteiger partial charge >= 0.3 is 0 Å². The Morgan fingerprint density at radius 3 is 2.41 bits per heavy atom. The van der Waals surface area contributed by atoms with E-state index in [2.05, 4.69) is 4.72 Å². The first-order valence-electron chi connectivity index (χ1n) is 6.48. The second kappa shape index (κ2) is 8.24. The summed E-state index contributed by atoms with van der Waals surface area (Å²) in [5.74, 6) is -0.726. The van der Waals surface area contributed by atoms with E-state index in [1.165, 1.54) is 18.2 Å². The average molecular weight is 345 g/mol. The van der Waals surface area contributed by atoms with Crippen molar-refractivity contribution in [3.05, 3.63) is 71.5 Å². The molecule has 0 radical (unpaired) electrons. The van der Waals surface area contributed by atoms with Crippen LogP contribution in [0.5, 0.6) is 0 Å². The summed E-state index contributed by atoms with van der Waals surface area (Å²) in [7, 11) is -3.55. The summed E-state index contributed by atoms with van der Waals surface area (Å²) in [6, 6.07) is 14.3. The van der Waals surface area contributed by atoms with E-state index < -0.39 is 21.9 Å². The molecule has 0 saturated carbocycles. The molecule has 4 nitrogen and oxygen atoms in total. The van der Waals surface area contributed by atoms with Gasteiger partial charge in [0.05, 0.1) is 5.75 Å². The van der Waals surface area contributed by atoms with Gasteiger partial charge in [-0.15, -0.1) is 12.4 Å². The van der Waals surface area contributed by atoms with Crippen LogP contribution < -0.4 is 10.5 Å². The zero-order valence-corrected chi connectivity index (χ0v) is 13.4. The topological polar surface area (TPSA) is 72.2 Å². The third-order valence-electron chi connectivity index (χ3n) is 3.00. The molecule has 0 amide bonds. The van der Waals surface area contributed by atoms with Crippen molar-refractivity contribution in [1.82, 2.24) is 4.72 Å². The molecule has 0 heterocycles. The van der Waals surface area contributed by atoms with E-state index in [-0.39, 0.29) is 24.7 Å². The fourth-order valence-electron chi connectivity index (χ4n) is 1.93. The maximum Gasteiger partial charge on any atom is 0.215 e. The molecular formula is C15H18ClFN2O2S. The molecule has 0 aliphatic rings. The van der Waals surface area contributed by atoms with Gasteiger partial charge in [-0.05, 0) is 23.3 Å². The molecule has 0 aliphatic heterocycles. The maximum atomic E-state index is 13.0. The number of benzene rings is 2. The van der Waals surface area contributed by atoms with Crippen LogP contribution in [0, 0.1) is 5.82 Å². The largest absolute Gasteiger partial charge is 0.323 e. The number of hydrogen-bond donors (Lipinski definition) is 2. The summed E-state index contributed by atoms with van der Waals surface area (Å²) >= 11 is 0. The van der Waals surface area contributed by atoms with Crippen LogP contribution in [0.2, 0.25) is 0 Å². The normalized spacial score (nSPS) is 12.5. The van der Waals surface area contributed by atoms with Crippen molar-refractivity contribution in [2.75, 3.05) is 6.54 Å². The molecule has 1 atom stereocenters. The van der Waals surface area contributed by atoms with Gasteiger partial charge in [0.15, 0.2) is 0 Å². The third kappa shape index (κ3) is 5.73. The molecule has 7 heteroatoms. The minimum Gasteiger partial charge on any atom is -0.323 e. The van der Waals surface area contributed by atoms with Gasteiger partial charge in [0.1, 0.15) is 5.82 Å². The standard InChI is InChI=1S/C15H17FN2O2S.ClH/c16-14-8-4-5-12(9-14)11-21(19,20)18-10-15(17)13-6-2-1-3-7-13;/h1-9,15,18H,10-11,17H2;1H. The summed E-state index contributed by atoms with van der Waals surface area (Å²) in [5.41, 5.74) is 7.18. The molecule has 1 unspecified atom stereocenters. The highest BCUT2D eigenvalue weighted by Crippen LogP contribution is 2.10. The average Bonchev–Trinajstić information content (AvgIpc) is 2.45. The lowest BCUT2D eigenvalue weighted by molar-refractivity contribution is 0.571. The van der Waals surface area contributed by atoms with Crippen molar-refractivity contribution < 1.29 is 12.8 Å². The summed E-state index contributed by atoms with van der Waals surface area (Å²) in [6.07, 6.45) is 0. The van der Waals surface area contributed by atoms with E-state index in [1.54, 1.807) is 6.07 Å². The Labute approximate surface area is 136 Å². The zero-order chi connectivity index (χ0) is 15.3. The quantitative estimate of drug-likeness (QED) is 0.845. The SMILES string of the molecule is Cl.NC(CNS(=O)(=O)Cc1cccc(F)c1)c1ccccc1. The lowest BCUT2D eigenvalue weighted by atomic mass is 10.1. The molecule has 22 heavy (non-hydrogen) atoms. The van der Waals surface area contributed by atoms with Crippen LogP contribution in [0.15, 0.2) is 54.6 Å². The van der Waals surface area contributed by atoms with Gasteiger partial charge in [0.2, 0.25) is 10.0 Å². The van der Waals surface area contributed by atoms with Crippen LogP contribution in [-0.2, 0) is 15.8 Å². The molecular weight excluding hydrogens is 327 g/mol. The van der Waals surface area contributed by atoms with E-state index in [0.29, 0.717) is 5.56 Å². The number of sulfonamides is 1. The van der Waals surface area contributed by atoms with Gasteiger partial charge in [0, 0.05) is 12.6 Å². The molecule has 0 aromatic heterocycles. The first-order valence-corrected chi connectivity index (χ1v) is 8.14. The van der Waals surface area contributed by atoms with Crippen molar-refractivity contribution in [3.63, 3.8) is 0 Å². The van der Waals surface area contributed by atoms with Crippen LogP contribution in [0.1, 0.15) is 17.2 Å². The first kappa shape index (κ1) is 18.6. The molecule has 0 spiro atoms. The zero-order valence-electron chi connectivity index (χ0n) is 11.8. The van der Waals surface area contributed by atoms with E-state index in [0.717, 1.165) is 5.56 Å². The third-order valence-corrected chi connectivity index (χ3v) is 4.32. The molecule has 0 aliphatic carbocycles. The Kier molecular flexibility index (Phi) is 6.96. The number of nitrogens with two attached hydrogens (primary N) is 1. The predicted molar refractivity (Wildman–Crippen MR) is 87.6 cm³/mol. The molecule has 2 rings (SSSR count). The maximum absolute atomic E-state index is 13.0. The van der Waals surface area contributed by atoms with Crippen molar-refractivity contribution in [1.29, 1.82) is 0 Å². The van der Waals surface area contributed by atoms with E-state index in [4.69, 9.17) is 5.73 Å². The molecule has 0 fully saturated rings. The summed E-state index contributed by atoms with van der Waals surface area (Å²) in [6.45, 7) is 0.0989. The van der Waals surface area contributed by atoms with Crippen molar-refractivity contribution in [2.24, 2.45) is 5.73 Å². The van der Waals surface area contributed by atoms with Gasteiger partial charge < -0.3 is 5.73 Å². The summed E-state index contributed by atoms with van der Waals surface area (Å²) < 4.78 is 39.4. The monoisotopic (exact) mass is 344 g/mol. The number of hydrogen-bond acceptors (Lipinski definition) is 3. The molecule has 2 aromatic rings. The van der Waals surface area contributed by atoms with E-state index >= 15 is 0 Å². The molecule has 2 aromatic carbocycles. The summed E-state index contributed by atoms with van der Waals surface area (Å²) in [5, 5.41) is 0. The second-order valence-electron chi connectivity index (χ2n) is 4.75. The lowest BCUT2D eigenvalue weighted by Gasteiger charge is -2.13. The van der Waals surface area contributed by atoms with Gasteiger partial charge in [-0.25, -0.2) is 17.5 Å². The number of rotatable bonds is 6. The van der Waals surface area contributed by atoms with Crippen LogP contribution >= 0.6 is 12.4 Å². The summed E-state index contributed by atoms with van der Waals surface area (Å²) in [4.78, 5) is 0. The van der Waals surface area contributed by atoms with Crippen molar-refractivity contribution in [3.8, 4) is 0 Å². The Balaban J connectivity index is 0.00000242. The van der Waals surface area contributed by atoms with Crippen LogP contribution in [0.25, 0.3) is 0 Å². The Bertz CT molecular complexity index is 696. The Hall–Kier alpha value is -1.47. The highest BCUT2D eigenvalue weighted by atomic mass is 35.5. The van der Waals surface area contributed by atoms with Crippen LogP contribution in [0.3, 0.4) is 0 Å². The fourth-order valence-corrected chi connectivity index (χ4v) is 3.09. The second-order valence-corrected chi connectivity index (χ2v) is 6.56. The van der Waals surface area contributed by atoms with Crippen molar-refractivity contribution in [2.45, 2.75) is 11.8 Å². The smallest absolute Gasteiger partial charge is 0.215 e. The first-order chi connectivity index (χ1) is 9.96. The molecule has 0 bridgehead atoms. The minimum atomic E-state index is -3.55. The fraction of sp³-hybridized carbons (Fsp3) is 0.200. The van der Waals surface area contributed by atoms with Crippen LogP contribution in [-0.4, -0.2) is 15.0 Å². The highest BCUT2D eigenvalue weighted by Gasteiger charge is 2.14. The molecule has 3 N–H and O–H groups in total. The lowest BCUT2D eigenvalue weighted by Crippen LogP contribution is -2.32. The van der Waals surface area contributed by atoms with Gasteiger partial charge in [-0.1, -0.05) is 42.5 Å². The van der Waals surface area contributed by atoms with E-state index in [9.17, 15) is 12.8 Å². The molecule has 120 valence electrons. The number of halogens is 2. The van der Waals surface area contributed by atoms with Gasteiger partial charge in [-0.3, -0.25) is 0 Å². The number of nitrogens with one attached hydrogen (secondary N) is 1.